The molecule has 0 bridgehead atoms. The SMILES string of the molecule is CCN(CCC#N)C(=O)Cc1ccccc1F. The number of hydrogen-bond acceptors (Lipinski definition) is 2. The van der Waals surface area contributed by atoms with E-state index >= 15 is 0 Å². The van der Waals surface area contributed by atoms with E-state index in [1.165, 1.54) is 6.07 Å². The number of likely N-dealkylation sites (N-methyl/N-ethyl adjacent to an activating group) is 1. The van der Waals surface area contributed by atoms with Crippen molar-refractivity contribution in [3.63, 3.8) is 0 Å². The predicted octanol–water partition coefficient (Wildman–Crippen LogP) is 2.13. The first kappa shape index (κ1) is 13.2. The number of nitrogens with zero attached hydrogens (tertiary/aromatic N) is 2. The molecule has 1 rings (SSSR count). The maximum Gasteiger partial charge on any atom is 0.227 e. The number of amides is 1. The van der Waals surface area contributed by atoms with Crippen LogP contribution in [-0.2, 0) is 11.2 Å². The fourth-order valence-electron chi connectivity index (χ4n) is 1.56. The molecule has 4 heteroatoms. The molecule has 0 heterocycles. The molecule has 0 aliphatic rings. The van der Waals surface area contributed by atoms with Crippen LogP contribution < -0.4 is 0 Å². The summed E-state index contributed by atoms with van der Waals surface area (Å²) in [5.74, 6) is -0.509. The molecule has 1 aromatic carbocycles. The molecule has 0 spiro atoms. The highest BCUT2D eigenvalue weighted by atomic mass is 19.1. The highest BCUT2D eigenvalue weighted by Gasteiger charge is 2.13. The highest BCUT2D eigenvalue weighted by Crippen LogP contribution is 2.08. The third-order valence-corrected chi connectivity index (χ3v) is 2.53. The van der Waals surface area contributed by atoms with Crippen molar-refractivity contribution in [1.82, 2.24) is 4.90 Å². The molecule has 1 aromatic rings. The van der Waals surface area contributed by atoms with E-state index in [0.29, 0.717) is 25.1 Å². The summed E-state index contributed by atoms with van der Waals surface area (Å²) in [6.07, 6.45) is 0.350. The van der Waals surface area contributed by atoms with Gasteiger partial charge in [0.15, 0.2) is 0 Å². The van der Waals surface area contributed by atoms with Crippen molar-refractivity contribution < 1.29 is 9.18 Å². The lowest BCUT2D eigenvalue weighted by Crippen LogP contribution is -2.33. The third-order valence-electron chi connectivity index (χ3n) is 2.53. The van der Waals surface area contributed by atoms with E-state index in [2.05, 4.69) is 0 Å². The lowest BCUT2D eigenvalue weighted by atomic mass is 10.1. The molecule has 0 saturated carbocycles. The van der Waals surface area contributed by atoms with Gasteiger partial charge in [0.05, 0.1) is 18.9 Å². The van der Waals surface area contributed by atoms with Gasteiger partial charge in [0, 0.05) is 13.1 Å². The third kappa shape index (κ3) is 3.87. The average Bonchev–Trinajstić information content (AvgIpc) is 2.33. The molecule has 0 atom stereocenters. The molecule has 3 nitrogen and oxygen atoms in total. The molecular weight excluding hydrogens is 219 g/mol. The van der Waals surface area contributed by atoms with Crippen molar-refractivity contribution in [2.24, 2.45) is 0 Å². The number of carbonyl (C=O) groups excluding carboxylic acids is 1. The fourth-order valence-corrected chi connectivity index (χ4v) is 1.56. The van der Waals surface area contributed by atoms with Crippen LogP contribution in [-0.4, -0.2) is 23.9 Å². The maximum atomic E-state index is 13.3. The average molecular weight is 234 g/mol. The second-order valence-corrected chi connectivity index (χ2v) is 3.65. The first-order valence-electron chi connectivity index (χ1n) is 5.57. The molecule has 0 aliphatic heterocycles. The molecule has 0 saturated heterocycles. The van der Waals surface area contributed by atoms with Gasteiger partial charge >= 0.3 is 0 Å². The van der Waals surface area contributed by atoms with Crippen LogP contribution in [0.25, 0.3) is 0 Å². The van der Waals surface area contributed by atoms with Gasteiger partial charge in [0.25, 0.3) is 0 Å². The van der Waals surface area contributed by atoms with Crippen molar-refractivity contribution in [2.75, 3.05) is 13.1 Å². The van der Waals surface area contributed by atoms with Crippen molar-refractivity contribution in [2.45, 2.75) is 19.8 Å². The molecule has 90 valence electrons. The Labute approximate surface area is 100 Å². The van der Waals surface area contributed by atoms with Crippen LogP contribution in [0.2, 0.25) is 0 Å². The van der Waals surface area contributed by atoms with Gasteiger partial charge in [0.1, 0.15) is 5.82 Å². The number of carbonyl (C=O) groups is 1. The van der Waals surface area contributed by atoms with Gasteiger partial charge in [0.2, 0.25) is 5.91 Å². The van der Waals surface area contributed by atoms with Crippen LogP contribution in [0.1, 0.15) is 18.9 Å². The van der Waals surface area contributed by atoms with Crippen LogP contribution in [0, 0.1) is 17.1 Å². The Morgan fingerprint density at radius 3 is 2.76 bits per heavy atom. The van der Waals surface area contributed by atoms with Crippen LogP contribution in [0.5, 0.6) is 0 Å². The zero-order chi connectivity index (χ0) is 12.7. The largest absolute Gasteiger partial charge is 0.342 e. The maximum absolute atomic E-state index is 13.3. The molecule has 17 heavy (non-hydrogen) atoms. The molecule has 0 fully saturated rings. The standard InChI is InChI=1S/C13H15FN2O/c1-2-16(9-5-8-15)13(17)10-11-6-3-4-7-12(11)14/h3-4,6-7H,2,5,9-10H2,1H3. The van der Waals surface area contributed by atoms with E-state index < -0.39 is 0 Å². The topological polar surface area (TPSA) is 44.1 Å². The van der Waals surface area contributed by atoms with Crippen molar-refractivity contribution in [1.29, 1.82) is 5.26 Å². The number of benzene rings is 1. The molecule has 1 amide bonds. The Hall–Kier alpha value is -1.89. The summed E-state index contributed by atoms with van der Waals surface area (Å²) in [6, 6.07) is 8.24. The second kappa shape index (κ2) is 6.64. The lowest BCUT2D eigenvalue weighted by Gasteiger charge is -2.19. The van der Waals surface area contributed by atoms with Crippen LogP contribution in [0.4, 0.5) is 4.39 Å². The Morgan fingerprint density at radius 1 is 1.47 bits per heavy atom. The van der Waals surface area contributed by atoms with E-state index in [1.807, 2.05) is 13.0 Å². The van der Waals surface area contributed by atoms with Gasteiger partial charge in [-0.05, 0) is 18.6 Å². The first-order chi connectivity index (χ1) is 8.19. The van der Waals surface area contributed by atoms with E-state index in [4.69, 9.17) is 5.26 Å². The minimum atomic E-state index is -0.364. The van der Waals surface area contributed by atoms with Gasteiger partial charge in [-0.2, -0.15) is 5.26 Å². The van der Waals surface area contributed by atoms with Crippen LogP contribution in [0.15, 0.2) is 24.3 Å². The van der Waals surface area contributed by atoms with E-state index in [9.17, 15) is 9.18 Å². The van der Waals surface area contributed by atoms with Crippen LogP contribution in [0.3, 0.4) is 0 Å². The number of halogens is 1. The smallest absolute Gasteiger partial charge is 0.227 e. The molecular formula is C13H15FN2O. The van der Waals surface area contributed by atoms with Crippen molar-refractivity contribution in [3.05, 3.63) is 35.6 Å². The molecule has 0 aliphatic carbocycles. The highest BCUT2D eigenvalue weighted by molar-refractivity contribution is 5.78. The Kier molecular flexibility index (Phi) is 5.15. The summed E-state index contributed by atoms with van der Waals surface area (Å²) in [5.41, 5.74) is 0.396. The van der Waals surface area contributed by atoms with Crippen molar-refractivity contribution in [3.8, 4) is 6.07 Å². The van der Waals surface area contributed by atoms with Crippen LogP contribution >= 0.6 is 0 Å². The Morgan fingerprint density at radius 2 is 2.18 bits per heavy atom. The summed E-state index contributed by atoms with van der Waals surface area (Å²) < 4.78 is 13.3. The van der Waals surface area contributed by atoms with E-state index in [-0.39, 0.29) is 18.1 Å². The summed E-state index contributed by atoms with van der Waals surface area (Å²) in [7, 11) is 0. The van der Waals surface area contributed by atoms with E-state index in [1.54, 1.807) is 23.1 Å². The fraction of sp³-hybridized carbons (Fsp3) is 0.385. The van der Waals surface area contributed by atoms with Gasteiger partial charge in [-0.15, -0.1) is 0 Å². The number of nitriles is 1. The van der Waals surface area contributed by atoms with Gasteiger partial charge in [-0.3, -0.25) is 4.79 Å². The first-order valence-corrected chi connectivity index (χ1v) is 5.57. The normalized spacial score (nSPS) is 9.71. The minimum Gasteiger partial charge on any atom is -0.342 e. The predicted molar refractivity (Wildman–Crippen MR) is 62.6 cm³/mol. The zero-order valence-corrected chi connectivity index (χ0v) is 9.82. The summed E-state index contributed by atoms with van der Waals surface area (Å²) >= 11 is 0. The lowest BCUT2D eigenvalue weighted by molar-refractivity contribution is -0.130. The number of rotatable bonds is 5. The zero-order valence-electron chi connectivity index (χ0n) is 9.82. The summed E-state index contributed by atoms with van der Waals surface area (Å²) in [6.45, 7) is 2.78. The quantitative estimate of drug-likeness (QED) is 0.783. The summed E-state index contributed by atoms with van der Waals surface area (Å²) in [5, 5.41) is 8.48. The van der Waals surface area contributed by atoms with E-state index in [0.717, 1.165) is 0 Å². The Balaban J connectivity index is 2.65. The number of hydrogen-bond donors (Lipinski definition) is 0. The summed E-state index contributed by atoms with van der Waals surface area (Å²) in [4.78, 5) is 13.4. The van der Waals surface area contributed by atoms with Gasteiger partial charge < -0.3 is 4.90 Å². The Bertz CT molecular complexity index is 426. The van der Waals surface area contributed by atoms with Crippen molar-refractivity contribution >= 4 is 5.91 Å². The molecule has 0 unspecified atom stereocenters. The monoisotopic (exact) mass is 234 g/mol. The van der Waals surface area contributed by atoms with Gasteiger partial charge in [-0.25, -0.2) is 4.39 Å². The molecule has 0 radical (unpaired) electrons. The van der Waals surface area contributed by atoms with Gasteiger partial charge in [-0.1, -0.05) is 18.2 Å². The second-order valence-electron chi connectivity index (χ2n) is 3.65. The molecule has 0 N–H and O–H groups in total. The molecule has 0 aromatic heterocycles. The minimum absolute atomic E-state index is 0.0476.